The smallest absolute Gasteiger partial charge is 0.255 e. The van der Waals surface area contributed by atoms with E-state index in [2.05, 4.69) is 21.2 Å². The van der Waals surface area contributed by atoms with Crippen molar-refractivity contribution in [3.8, 4) is 5.75 Å². The number of hydrogen-bond acceptors (Lipinski definition) is 4. The number of halogens is 1. The molecular formula is C14H17BrN2O3. The van der Waals surface area contributed by atoms with Crippen LogP contribution in [0.15, 0.2) is 22.7 Å². The van der Waals surface area contributed by atoms with E-state index < -0.39 is 0 Å². The first-order chi connectivity index (χ1) is 9.58. The second-order valence-electron chi connectivity index (χ2n) is 5.38. The number of nitrogens with two attached hydrogens (primary N) is 1. The number of aromatic hydroxyl groups is 1. The normalized spacial score (nSPS) is 32.1. The first-order valence-corrected chi connectivity index (χ1v) is 7.54. The zero-order valence-electron chi connectivity index (χ0n) is 10.9. The van der Waals surface area contributed by atoms with Crippen molar-refractivity contribution in [1.29, 1.82) is 0 Å². The summed E-state index contributed by atoms with van der Waals surface area (Å²) in [4.78, 5) is 12.2. The van der Waals surface area contributed by atoms with Gasteiger partial charge in [-0.25, -0.2) is 0 Å². The summed E-state index contributed by atoms with van der Waals surface area (Å²) >= 11 is 3.24. The number of amides is 1. The van der Waals surface area contributed by atoms with Crippen molar-refractivity contribution < 1.29 is 14.6 Å². The number of nitrogens with one attached hydrogen (secondary N) is 1. The predicted octanol–water partition coefficient (Wildman–Crippen LogP) is 1.39. The van der Waals surface area contributed by atoms with Crippen LogP contribution < -0.4 is 11.1 Å². The van der Waals surface area contributed by atoms with Gasteiger partial charge in [-0.05, 0) is 31.0 Å². The molecule has 2 fully saturated rings. The molecule has 2 aliphatic rings. The lowest BCUT2D eigenvalue weighted by Crippen LogP contribution is -2.72. The number of carbonyl (C=O) groups is 1. The fourth-order valence-electron chi connectivity index (χ4n) is 3.05. The minimum absolute atomic E-state index is 0.0142. The van der Waals surface area contributed by atoms with Gasteiger partial charge in [0.15, 0.2) is 0 Å². The van der Waals surface area contributed by atoms with Gasteiger partial charge in [-0.15, -0.1) is 0 Å². The molecule has 1 heterocycles. The van der Waals surface area contributed by atoms with E-state index in [1.165, 1.54) is 6.07 Å². The molecule has 1 aliphatic heterocycles. The summed E-state index contributed by atoms with van der Waals surface area (Å²) < 4.78 is 6.41. The number of ether oxygens (including phenoxy) is 1. The quantitative estimate of drug-likeness (QED) is 0.759. The molecule has 0 aromatic heterocycles. The van der Waals surface area contributed by atoms with Gasteiger partial charge in [0.05, 0.1) is 17.7 Å². The lowest BCUT2D eigenvalue weighted by molar-refractivity contribution is -0.117. The zero-order valence-corrected chi connectivity index (χ0v) is 12.5. The summed E-state index contributed by atoms with van der Waals surface area (Å²) in [7, 11) is 0. The topological polar surface area (TPSA) is 84.6 Å². The highest BCUT2D eigenvalue weighted by Gasteiger charge is 2.51. The zero-order chi connectivity index (χ0) is 14.3. The molecule has 3 rings (SSSR count). The summed E-state index contributed by atoms with van der Waals surface area (Å²) in [6, 6.07) is 4.56. The second kappa shape index (κ2) is 5.35. The van der Waals surface area contributed by atoms with Gasteiger partial charge in [0, 0.05) is 23.0 Å². The molecule has 1 saturated carbocycles. The number of carbonyl (C=O) groups excluding carboxylic acids is 1. The Morgan fingerprint density at radius 2 is 2.30 bits per heavy atom. The minimum atomic E-state index is -0.317. The van der Waals surface area contributed by atoms with Crippen LogP contribution >= 0.6 is 15.9 Å². The third-order valence-corrected chi connectivity index (χ3v) is 4.67. The van der Waals surface area contributed by atoms with Gasteiger partial charge in [-0.2, -0.15) is 0 Å². The van der Waals surface area contributed by atoms with E-state index in [9.17, 15) is 9.90 Å². The number of phenolic OH excluding ortho intramolecular Hbond substituents is 1. The van der Waals surface area contributed by atoms with E-state index in [0.29, 0.717) is 5.92 Å². The standard InChI is InChI=1S/C14H17BrN2O3/c15-7-3-4-8(10(18)6-7)14(19)17-12-11(16)9-2-1-5-20-13(9)12/h3-4,6,9,11-13,18H,1-2,5,16H2,(H,17,19). The molecule has 6 heteroatoms. The van der Waals surface area contributed by atoms with Gasteiger partial charge in [0.25, 0.3) is 5.91 Å². The highest BCUT2D eigenvalue weighted by Crippen LogP contribution is 2.37. The molecule has 0 radical (unpaired) electrons. The van der Waals surface area contributed by atoms with E-state index in [-0.39, 0.29) is 35.4 Å². The number of benzene rings is 1. The summed E-state index contributed by atoms with van der Waals surface area (Å²) in [6.45, 7) is 0.726. The van der Waals surface area contributed by atoms with Gasteiger partial charge in [0.1, 0.15) is 5.75 Å². The lowest BCUT2D eigenvalue weighted by Gasteiger charge is -2.52. The Hall–Kier alpha value is -1.11. The molecule has 1 aliphatic carbocycles. The molecule has 20 heavy (non-hydrogen) atoms. The molecule has 1 saturated heterocycles. The van der Waals surface area contributed by atoms with Crippen LogP contribution in [0.5, 0.6) is 5.75 Å². The third-order valence-electron chi connectivity index (χ3n) is 4.18. The first-order valence-electron chi connectivity index (χ1n) is 6.74. The molecule has 1 aromatic rings. The van der Waals surface area contributed by atoms with Crippen molar-refractivity contribution in [2.75, 3.05) is 6.61 Å². The predicted molar refractivity (Wildman–Crippen MR) is 77.5 cm³/mol. The van der Waals surface area contributed by atoms with Gasteiger partial charge in [-0.3, -0.25) is 4.79 Å². The third kappa shape index (κ3) is 2.32. The van der Waals surface area contributed by atoms with Crippen molar-refractivity contribution in [3.63, 3.8) is 0 Å². The fourth-order valence-corrected chi connectivity index (χ4v) is 3.40. The van der Waals surface area contributed by atoms with E-state index in [1.54, 1.807) is 12.1 Å². The maximum absolute atomic E-state index is 12.2. The van der Waals surface area contributed by atoms with Crippen LogP contribution in [0.25, 0.3) is 0 Å². The number of fused-ring (bicyclic) bond motifs is 1. The van der Waals surface area contributed by atoms with Crippen LogP contribution in [-0.4, -0.2) is 35.8 Å². The summed E-state index contributed by atoms with van der Waals surface area (Å²) in [5.41, 5.74) is 6.35. The number of rotatable bonds is 2. The molecule has 1 amide bonds. The van der Waals surface area contributed by atoms with Gasteiger partial charge in [0.2, 0.25) is 0 Å². The number of hydrogen-bond donors (Lipinski definition) is 3. The molecule has 4 unspecified atom stereocenters. The monoisotopic (exact) mass is 340 g/mol. The second-order valence-corrected chi connectivity index (χ2v) is 6.30. The van der Waals surface area contributed by atoms with Crippen molar-refractivity contribution in [2.24, 2.45) is 11.7 Å². The molecule has 4 N–H and O–H groups in total. The van der Waals surface area contributed by atoms with E-state index in [4.69, 9.17) is 10.5 Å². The van der Waals surface area contributed by atoms with Gasteiger partial charge >= 0.3 is 0 Å². The average Bonchev–Trinajstić information content (AvgIpc) is 2.44. The molecule has 0 spiro atoms. The summed E-state index contributed by atoms with van der Waals surface area (Å²) in [6.07, 6.45) is 2.10. The van der Waals surface area contributed by atoms with Crippen LogP contribution in [0.2, 0.25) is 0 Å². The Morgan fingerprint density at radius 3 is 3.05 bits per heavy atom. The SMILES string of the molecule is NC1C2CCCOC2C1NC(=O)c1ccc(Br)cc1O. The van der Waals surface area contributed by atoms with E-state index in [0.717, 1.165) is 23.9 Å². The fraction of sp³-hybridized carbons (Fsp3) is 0.500. The van der Waals surface area contributed by atoms with Gasteiger partial charge in [-0.1, -0.05) is 15.9 Å². The van der Waals surface area contributed by atoms with Crippen LogP contribution in [0.4, 0.5) is 0 Å². The molecule has 1 aromatic carbocycles. The van der Waals surface area contributed by atoms with Crippen LogP contribution in [-0.2, 0) is 4.74 Å². The Bertz CT molecular complexity index is 537. The molecule has 0 bridgehead atoms. The van der Waals surface area contributed by atoms with Crippen LogP contribution in [0, 0.1) is 5.92 Å². The highest BCUT2D eigenvalue weighted by atomic mass is 79.9. The Morgan fingerprint density at radius 1 is 1.50 bits per heavy atom. The van der Waals surface area contributed by atoms with E-state index in [1.807, 2.05) is 0 Å². The van der Waals surface area contributed by atoms with Crippen molar-refractivity contribution in [1.82, 2.24) is 5.32 Å². The van der Waals surface area contributed by atoms with E-state index >= 15 is 0 Å². The van der Waals surface area contributed by atoms with Crippen LogP contribution in [0.3, 0.4) is 0 Å². The van der Waals surface area contributed by atoms with Crippen molar-refractivity contribution in [2.45, 2.75) is 31.0 Å². The van der Waals surface area contributed by atoms with Crippen molar-refractivity contribution in [3.05, 3.63) is 28.2 Å². The Balaban J connectivity index is 1.70. The first kappa shape index (κ1) is 13.9. The summed E-state index contributed by atoms with van der Waals surface area (Å²) in [5, 5.41) is 12.7. The molecule has 5 nitrogen and oxygen atoms in total. The maximum atomic E-state index is 12.2. The molecule has 108 valence electrons. The Labute approximate surface area is 125 Å². The minimum Gasteiger partial charge on any atom is -0.507 e. The maximum Gasteiger partial charge on any atom is 0.255 e. The molecule has 4 atom stereocenters. The lowest BCUT2D eigenvalue weighted by atomic mass is 9.68. The van der Waals surface area contributed by atoms with Crippen LogP contribution in [0.1, 0.15) is 23.2 Å². The highest BCUT2D eigenvalue weighted by molar-refractivity contribution is 9.10. The Kier molecular flexibility index (Phi) is 3.70. The molecular weight excluding hydrogens is 324 g/mol. The number of phenols is 1. The average molecular weight is 341 g/mol. The summed E-state index contributed by atoms with van der Waals surface area (Å²) in [5.74, 6) is -0.0264. The van der Waals surface area contributed by atoms with Crippen molar-refractivity contribution >= 4 is 21.8 Å². The largest absolute Gasteiger partial charge is 0.507 e. The van der Waals surface area contributed by atoms with Gasteiger partial charge < -0.3 is 20.9 Å².